The highest BCUT2D eigenvalue weighted by molar-refractivity contribution is 9.11. The van der Waals surface area contributed by atoms with Crippen molar-refractivity contribution < 1.29 is 12.8 Å². The molecule has 1 aromatic carbocycles. The van der Waals surface area contributed by atoms with Crippen LogP contribution in [0.15, 0.2) is 32.3 Å². The summed E-state index contributed by atoms with van der Waals surface area (Å²) in [5, 5.41) is 0. The Morgan fingerprint density at radius 1 is 1.32 bits per heavy atom. The molecule has 0 fully saturated rings. The van der Waals surface area contributed by atoms with E-state index in [-0.39, 0.29) is 15.5 Å². The molecule has 2 rings (SSSR count). The van der Waals surface area contributed by atoms with Gasteiger partial charge in [0.2, 0.25) is 0 Å². The second-order valence-corrected chi connectivity index (χ2v) is 8.32. The van der Waals surface area contributed by atoms with Gasteiger partial charge in [-0.15, -0.1) is 11.3 Å². The van der Waals surface area contributed by atoms with E-state index in [4.69, 9.17) is 0 Å². The van der Waals surface area contributed by atoms with Gasteiger partial charge < -0.3 is 0 Å². The minimum absolute atomic E-state index is 0.195. The quantitative estimate of drug-likeness (QED) is 0.893. The smallest absolute Gasteiger partial charge is 0.271 e. The monoisotopic (exact) mass is 363 g/mol. The van der Waals surface area contributed by atoms with Crippen LogP contribution in [0.3, 0.4) is 0 Å². The lowest BCUT2D eigenvalue weighted by Crippen LogP contribution is -2.12. The third kappa shape index (κ3) is 2.98. The van der Waals surface area contributed by atoms with E-state index in [2.05, 4.69) is 20.7 Å². The lowest BCUT2D eigenvalue weighted by atomic mass is 10.2. The predicted octanol–water partition coefficient (Wildman–Crippen LogP) is 4.07. The van der Waals surface area contributed by atoms with Crippen molar-refractivity contribution in [2.45, 2.75) is 18.1 Å². The molecule has 0 aliphatic rings. The van der Waals surface area contributed by atoms with Crippen LogP contribution in [0.4, 0.5) is 10.1 Å². The minimum atomic E-state index is -3.68. The SMILES string of the molecule is Cc1cc(S(=O)(=O)Nc2cccc(F)c2C)sc1Br. The highest BCUT2D eigenvalue weighted by Crippen LogP contribution is 2.32. The lowest BCUT2D eigenvalue weighted by molar-refractivity contribution is 0.602. The second-order valence-electron chi connectivity index (χ2n) is 4.04. The first-order valence-corrected chi connectivity index (χ1v) is 8.44. The molecule has 0 bridgehead atoms. The summed E-state index contributed by atoms with van der Waals surface area (Å²) in [6.45, 7) is 3.34. The third-order valence-electron chi connectivity index (χ3n) is 2.61. The van der Waals surface area contributed by atoms with Crippen molar-refractivity contribution >= 4 is 43.0 Å². The number of sulfonamides is 1. The minimum Gasteiger partial charge on any atom is -0.279 e. The van der Waals surface area contributed by atoms with Crippen LogP contribution in [-0.2, 0) is 10.0 Å². The maximum absolute atomic E-state index is 13.4. The molecule has 0 aliphatic heterocycles. The molecular formula is C12H11BrFNO2S2. The number of anilines is 1. The van der Waals surface area contributed by atoms with Crippen molar-refractivity contribution in [1.82, 2.24) is 0 Å². The number of hydrogen-bond donors (Lipinski definition) is 1. The highest BCUT2D eigenvalue weighted by Gasteiger charge is 2.19. The number of rotatable bonds is 3. The summed E-state index contributed by atoms with van der Waals surface area (Å²) < 4.78 is 41.1. The molecule has 3 nitrogen and oxygen atoms in total. The summed E-state index contributed by atoms with van der Waals surface area (Å²) in [7, 11) is -3.68. The number of benzene rings is 1. The van der Waals surface area contributed by atoms with E-state index < -0.39 is 15.8 Å². The Kier molecular flexibility index (Phi) is 3.98. The molecule has 0 saturated carbocycles. The van der Waals surface area contributed by atoms with Crippen molar-refractivity contribution in [2.24, 2.45) is 0 Å². The molecule has 0 atom stereocenters. The first-order chi connectivity index (χ1) is 8.81. The Morgan fingerprint density at radius 2 is 2.00 bits per heavy atom. The van der Waals surface area contributed by atoms with Gasteiger partial charge in [0, 0.05) is 5.56 Å². The van der Waals surface area contributed by atoms with E-state index >= 15 is 0 Å². The zero-order valence-electron chi connectivity index (χ0n) is 10.2. The third-order valence-corrected chi connectivity index (χ3v) is 6.59. The van der Waals surface area contributed by atoms with Crippen LogP contribution in [0.1, 0.15) is 11.1 Å². The summed E-state index contributed by atoms with van der Waals surface area (Å²) in [4.78, 5) is 0. The molecule has 0 radical (unpaired) electrons. The average molecular weight is 364 g/mol. The number of halogens is 2. The van der Waals surface area contributed by atoms with Gasteiger partial charge in [-0.05, 0) is 53.5 Å². The van der Waals surface area contributed by atoms with Crippen molar-refractivity contribution in [1.29, 1.82) is 0 Å². The van der Waals surface area contributed by atoms with Gasteiger partial charge in [0.05, 0.1) is 9.47 Å². The fourth-order valence-electron chi connectivity index (χ4n) is 1.48. The zero-order valence-corrected chi connectivity index (χ0v) is 13.4. The van der Waals surface area contributed by atoms with Gasteiger partial charge in [-0.25, -0.2) is 12.8 Å². The molecule has 19 heavy (non-hydrogen) atoms. The highest BCUT2D eigenvalue weighted by atomic mass is 79.9. The Morgan fingerprint density at radius 3 is 2.58 bits per heavy atom. The Bertz CT molecular complexity index is 706. The van der Waals surface area contributed by atoms with E-state index in [1.807, 2.05) is 6.92 Å². The fraction of sp³-hybridized carbons (Fsp3) is 0.167. The average Bonchev–Trinajstić information content (AvgIpc) is 2.66. The summed E-state index contributed by atoms with van der Waals surface area (Å²) in [6.07, 6.45) is 0. The molecule has 1 aromatic heterocycles. The van der Waals surface area contributed by atoms with Crippen LogP contribution in [0.25, 0.3) is 0 Å². The van der Waals surface area contributed by atoms with Gasteiger partial charge in [0.1, 0.15) is 10.0 Å². The number of aryl methyl sites for hydroxylation is 1. The fourth-order valence-corrected chi connectivity index (χ4v) is 4.83. The van der Waals surface area contributed by atoms with Gasteiger partial charge in [-0.2, -0.15) is 0 Å². The van der Waals surface area contributed by atoms with Crippen molar-refractivity contribution in [3.63, 3.8) is 0 Å². The van der Waals surface area contributed by atoms with Crippen molar-refractivity contribution in [2.75, 3.05) is 4.72 Å². The van der Waals surface area contributed by atoms with E-state index in [0.717, 1.165) is 20.7 Å². The van der Waals surface area contributed by atoms with Gasteiger partial charge in [0.25, 0.3) is 10.0 Å². The van der Waals surface area contributed by atoms with E-state index in [1.54, 1.807) is 6.07 Å². The van der Waals surface area contributed by atoms with Crippen LogP contribution < -0.4 is 4.72 Å². The van der Waals surface area contributed by atoms with Crippen LogP contribution in [0.5, 0.6) is 0 Å². The molecule has 2 aromatic rings. The van der Waals surface area contributed by atoms with Crippen molar-refractivity contribution in [3.8, 4) is 0 Å². The standard InChI is InChI=1S/C12H11BrFNO2S2/c1-7-6-11(18-12(7)13)19(16,17)15-10-5-3-4-9(14)8(10)2/h3-6,15H,1-2H3. The van der Waals surface area contributed by atoms with Crippen LogP contribution >= 0.6 is 27.3 Å². The first-order valence-electron chi connectivity index (χ1n) is 5.35. The Hall–Kier alpha value is -0.920. The molecule has 1 N–H and O–H groups in total. The topological polar surface area (TPSA) is 46.2 Å². The summed E-state index contributed by atoms with van der Waals surface area (Å²) in [5.41, 5.74) is 1.38. The lowest BCUT2D eigenvalue weighted by Gasteiger charge is -2.09. The van der Waals surface area contributed by atoms with Crippen LogP contribution in [-0.4, -0.2) is 8.42 Å². The summed E-state index contributed by atoms with van der Waals surface area (Å²) in [6, 6.07) is 5.87. The second kappa shape index (κ2) is 5.22. The number of hydrogen-bond acceptors (Lipinski definition) is 3. The van der Waals surface area contributed by atoms with Crippen molar-refractivity contribution in [3.05, 3.63) is 45.0 Å². The molecule has 0 aliphatic carbocycles. The van der Waals surface area contributed by atoms with Gasteiger partial charge in [-0.3, -0.25) is 4.72 Å². The molecule has 0 saturated heterocycles. The number of nitrogens with one attached hydrogen (secondary N) is 1. The number of thiophene rings is 1. The molecule has 0 amide bonds. The summed E-state index contributed by atoms with van der Waals surface area (Å²) >= 11 is 4.41. The predicted molar refractivity (Wildman–Crippen MR) is 78.7 cm³/mol. The maximum Gasteiger partial charge on any atom is 0.271 e. The van der Waals surface area contributed by atoms with Gasteiger partial charge >= 0.3 is 0 Å². The maximum atomic E-state index is 13.4. The summed E-state index contributed by atoms with van der Waals surface area (Å²) in [5.74, 6) is -0.441. The first kappa shape index (κ1) is 14.5. The molecule has 0 unspecified atom stereocenters. The Labute approximate surface area is 123 Å². The largest absolute Gasteiger partial charge is 0.279 e. The van der Waals surface area contributed by atoms with E-state index in [9.17, 15) is 12.8 Å². The Balaban J connectivity index is 2.39. The molecule has 1 heterocycles. The van der Waals surface area contributed by atoms with Gasteiger partial charge in [0.15, 0.2) is 0 Å². The molecular weight excluding hydrogens is 353 g/mol. The van der Waals surface area contributed by atoms with E-state index in [1.165, 1.54) is 25.1 Å². The zero-order chi connectivity index (χ0) is 14.2. The van der Waals surface area contributed by atoms with E-state index in [0.29, 0.717) is 0 Å². The van der Waals surface area contributed by atoms with Crippen LogP contribution in [0, 0.1) is 19.7 Å². The molecule has 7 heteroatoms. The van der Waals surface area contributed by atoms with Crippen LogP contribution in [0.2, 0.25) is 0 Å². The van der Waals surface area contributed by atoms with Gasteiger partial charge in [-0.1, -0.05) is 6.07 Å². The molecule has 0 spiro atoms. The molecule has 102 valence electrons. The normalized spacial score (nSPS) is 11.6.